The number of rotatable bonds is 19. The van der Waals surface area contributed by atoms with E-state index in [4.69, 9.17) is 16.2 Å². The van der Waals surface area contributed by atoms with Gasteiger partial charge in [0.05, 0.1) is 73.2 Å². The zero-order valence-corrected chi connectivity index (χ0v) is 45.1. The molecule has 1 unspecified atom stereocenters. The Hall–Kier alpha value is -6.74. The summed E-state index contributed by atoms with van der Waals surface area (Å²) in [6.45, 7) is 4.43. The van der Waals surface area contributed by atoms with Crippen LogP contribution in [-0.2, 0) is 70.0 Å². The highest BCUT2D eigenvalue weighted by molar-refractivity contribution is 7.85. The van der Waals surface area contributed by atoms with E-state index in [2.05, 4.69) is 26.3 Å². The lowest BCUT2D eigenvalue weighted by atomic mass is 9.83. The molecular formula is C52H73N9O16S. The van der Waals surface area contributed by atoms with Crippen molar-refractivity contribution >= 4 is 86.3 Å². The standard InChI is InChI=1S/C52H73N9O16S/c1-5-27(2)28(3)49(73)56-22-46(70)57-40-26-78(76)52-37(35-10-9-34(19-38(35)59-52)77-14-6-13-61-47(71)11-12-48(61)72)20-39(51(75)55-21-45(54)69)58-50(74)36(29(4)43(67)25-62)18-32(63)8-7-31-17-33(64)23-60(31)24-42(66)30(15-41(40)65)16-44(53)68/h9-12,19,27-31,33,36,39-40,43,59,62,64,67H,5-8,13-18,20-26H2,1-4H3,(H2,53,68)(H2,54,69)(H,55,75)(H,56,73)(H,57,70)(H,58,74)/t27-,28-,29+,30-,31+,33+,36-,39+,40-,43-,78?/m0/s1. The van der Waals surface area contributed by atoms with Crippen LogP contribution in [0.4, 0.5) is 0 Å². The second-order valence-corrected chi connectivity index (χ2v) is 21.9. The number of H-pyrrole nitrogens is 1. The van der Waals surface area contributed by atoms with Crippen LogP contribution in [0.2, 0.25) is 0 Å². The maximum absolute atomic E-state index is 15.1. The molecule has 8 amide bonds. The average Bonchev–Trinajstić information content (AvgIpc) is 4.08. The Morgan fingerprint density at radius 2 is 1.64 bits per heavy atom. The molecule has 0 saturated carbocycles. The molecule has 4 heterocycles. The summed E-state index contributed by atoms with van der Waals surface area (Å²) in [5.41, 5.74) is 11.3. The number of aliphatic hydroxyl groups excluding tert-OH is 3. The van der Waals surface area contributed by atoms with Gasteiger partial charge in [0, 0.05) is 92.6 Å². The summed E-state index contributed by atoms with van der Waals surface area (Å²) < 4.78 is 21.0. The monoisotopic (exact) mass is 1110 g/mol. The number of nitrogens with one attached hydrogen (secondary N) is 5. The summed E-state index contributed by atoms with van der Waals surface area (Å²) >= 11 is 0. The minimum Gasteiger partial charge on any atom is -0.493 e. The van der Waals surface area contributed by atoms with Crippen molar-refractivity contribution in [1.82, 2.24) is 36.1 Å². The molecule has 1 saturated heterocycles. The Kier molecular flexibility index (Phi) is 22.9. The quantitative estimate of drug-likeness (QED) is 0.0522. The number of fused-ring (bicyclic) bond motifs is 4. The molecule has 0 aliphatic carbocycles. The number of aliphatic hydroxyl groups is 3. The van der Waals surface area contributed by atoms with Crippen molar-refractivity contribution in [2.45, 2.75) is 121 Å². The third-order valence-corrected chi connectivity index (χ3v) is 16.2. The van der Waals surface area contributed by atoms with Gasteiger partial charge in [0.2, 0.25) is 35.4 Å². The Morgan fingerprint density at radius 1 is 0.936 bits per heavy atom. The van der Waals surface area contributed by atoms with Gasteiger partial charge in [-0.15, -0.1) is 0 Å². The first-order chi connectivity index (χ1) is 36.9. The van der Waals surface area contributed by atoms with Gasteiger partial charge in [-0.3, -0.25) is 66.7 Å². The summed E-state index contributed by atoms with van der Waals surface area (Å²) in [5, 5.41) is 41.8. The van der Waals surface area contributed by atoms with Gasteiger partial charge >= 0.3 is 0 Å². The molecule has 11 atom stereocenters. The summed E-state index contributed by atoms with van der Waals surface area (Å²) in [5.74, 6) is -12.9. The maximum atomic E-state index is 15.1. The molecule has 1 fully saturated rings. The molecule has 12 N–H and O–H groups in total. The first kappa shape index (κ1) is 62.1. The first-order valence-corrected chi connectivity index (χ1v) is 27.4. The van der Waals surface area contributed by atoms with Crippen molar-refractivity contribution in [3.05, 3.63) is 35.9 Å². The number of aromatic amines is 1. The molecule has 26 heteroatoms. The molecule has 3 aliphatic rings. The van der Waals surface area contributed by atoms with Crippen molar-refractivity contribution in [2.24, 2.45) is 41.1 Å². The lowest BCUT2D eigenvalue weighted by molar-refractivity contribution is -0.137. The number of imide groups is 1. The van der Waals surface area contributed by atoms with Crippen molar-refractivity contribution in [2.75, 3.05) is 51.7 Å². The van der Waals surface area contributed by atoms with Crippen LogP contribution < -0.4 is 37.5 Å². The van der Waals surface area contributed by atoms with Gasteiger partial charge in [0.15, 0.2) is 11.6 Å². The first-order valence-electron chi connectivity index (χ1n) is 26.1. The summed E-state index contributed by atoms with van der Waals surface area (Å²) in [6.07, 6.45) is -1.55. The number of amides is 8. The molecule has 25 nitrogen and oxygen atoms in total. The summed E-state index contributed by atoms with van der Waals surface area (Å²) in [7, 11) is -2.40. The minimum atomic E-state index is -2.40. The minimum absolute atomic E-state index is 0.0216. The fourth-order valence-electron chi connectivity index (χ4n) is 9.72. The van der Waals surface area contributed by atoms with Crippen molar-refractivity contribution < 1.29 is 77.0 Å². The Bertz CT molecular complexity index is 2640. The molecule has 2 aromatic rings. The fourth-order valence-corrected chi connectivity index (χ4v) is 11.2. The van der Waals surface area contributed by atoms with Crippen LogP contribution in [0.25, 0.3) is 10.9 Å². The number of Topliss-reactive ketones (excluding diaryl/α,β-unsaturated/α-hetero) is 3. The predicted molar refractivity (Wildman–Crippen MR) is 279 cm³/mol. The third-order valence-electron chi connectivity index (χ3n) is 14.8. The predicted octanol–water partition coefficient (Wildman–Crippen LogP) is -2.30. The smallest absolute Gasteiger partial charge is 0.253 e. The number of aromatic nitrogens is 1. The van der Waals surface area contributed by atoms with Crippen LogP contribution >= 0.6 is 0 Å². The normalized spacial score (nSPS) is 24.8. The van der Waals surface area contributed by atoms with E-state index in [1.807, 2.05) is 13.8 Å². The SMILES string of the molecule is CC[C@H](C)[C@H](C)C(=O)NCC(=O)N[C@H]1CS(=O)c2[nH]c3cc(OCCCN4C(=O)C=CC4=O)ccc3c2C[C@H](C(=O)NCC(N)=O)NC(=O)[C@H]([C@@H](C)[C@@H](O)CO)CC(=O)CC[C@@H]2C[C@@H](O)CN2CC(=O)[C@H](CC(N)=O)CC1=O. The van der Waals surface area contributed by atoms with Gasteiger partial charge in [-0.1, -0.05) is 34.1 Å². The van der Waals surface area contributed by atoms with E-state index in [-0.39, 0.29) is 73.2 Å². The van der Waals surface area contributed by atoms with Crippen LogP contribution in [0.15, 0.2) is 35.4 Å². The summed E-state index contributed by atoms with van der Waals surface area (Å²) in [6, 6.07) is 0.672. The number of carbonyl (C=O) groups is 11. The summed E-state index contributed by atoms with van der Waals surface area (Å²) in [4.78, 5) is 152. The van der Waals surface area contributed by atoms with E-state index in [0.717, 1.165) is 17.1 Å². The number of ketones is 3. The highest BCUT2D eigenvalue weighted by atomic mass is 32.2. The lowest BCUT2D eigenvalue weighted by Gasteiger charge is -2.28. The lowest BCUT2D eigenvalue weighted by Crippen LogP contribution is -2.52. The van der Waals surface area contributed by atoms with Gasteiger partial charge in [0.1, 0.15) is 22.6 Å². The molecule has 0 bridgehead atoms. The van der Waals surface area contributed by atoms with Crippen LogP contribution in [0, 0.1) is 29.6 Å². The van der Waals surface area contributed by atoms with E-state index in [1.165, 1.54) is 25.1 Å². The van der Waals surface area contributed by atoms with Gasteiger partial charge in [-0.25, -0.2) is 0 Å². The van der Waals surface area contributed by atoms with Crippen molar-refractivity contribution in [3.8, 4) is 5.75 Å². The van der Waals surface area contributed by atoms with Crippen LogP contribution in [0.3, 0.4) is 0 Å². The van der Waals surface area contributed by atoms with Gasteiger partial charge in [-0.05, 0) is 48.8 Å². The topological polar surface area (TPSA) is 397 Å². The van der Waals surface area contributed by atoms with Crippen LogP contribution in [0.5, 0.6) is 5.75 Å². The molecule has 0 radical (unpaired) electrons. The number of nitrogens with two attached hydrogens (primary N) is 2. The maximum Gasteiger partial charge on any atom is 0.253 e. The highest BCUT2D eigenvalue weighted by Gasteiger charge is 2.39. The number of hydrogen-bond donors (Lipinski definition) is 10. The largest absolute Gasteiger partial charge is 0.493 e. The van der Waals surface area contributed by atoms with Gasteiger partial charge < -0.3 is 57.8 Å². The number of hydrogen-bond acceptors (Lipinski definition) is 17. The molecule has 0 spiro atoms. The van der Waals surface area contributed by atoms with Crippen LogP contribution in [-0.4, -0.2) is 181 Å². The van der Waals surface area contributed by atoms with Crippen molar-refractivity contribution in [3.63, 3.8) is 0 Å². The molecule has 1 aromatic heterocycles. The molecule has 3 aliphatic heterocycles. The zero-order chi connectivity index (χ0) is 57.5. The molecule has 78 heavy (non-hydrogen) atoms. The number of carbonyl (C=O) groups excluding carboxylic acids is 11. The van der Waals surface area contributed by atoms with E-state index in [0.29, 0.717) is 11.8 Å². The number of benzene rings is 1. The van der Waals surface area contributed by atoms with E-state index < -0.39 is 187 Å². The van der Waals surface area contributed by atoms with E-state index >= 15 is 4.21 Å². The van der Waals surface area contributed by atoms with Crippen LogP contribution in [0.1, 0.15) is 84.6 Å². The number of primary amides is 2. The zero-order valence-electron chi connectivity index (χ0n) is 44.3. The molecule has 5 rings (SSSR count). The highest BCUT2D eigenvalue weighted by Crippen LogP contribution is 2.32. The number of ether oxygens (including phenoxy) is 1. The Morgan fingerprint density at radius 3 is 2.29 bits per heavy atom. The van der Waals surface area contributed by atoms with E-state index in [9.17, 15) is 68.1 Å². The van der Waals surface area contributed by atoms with Gasteiger partial charge in [0.25, 0.3) is 11.8 Å². The molecule has 1 aromatic carbocycles. The second-order valence-electron chi connectivity index (χ2n) is 20.5. The van der Waals surface area contributed by atoms with E-state index in [1.54, 1.807) is 11.8 Å². The second kappa shape index (κ2) is 28.8. The Labute approximate surface area is 453 Å². The number of nitrogens with zero attached hydrogens (tertiary/aromatic N) is 2. The molecular weight excluding hydrogens is 1040 g/mol. The molecule has 428 valence electrons. The van der Waals surface area contributed by atoms with Crippen molar-refractivity contribution in [1.29, 1.82) is 0 Å². The fraction of sp³-hybridized carbons (Fsp3) is 0.596. The average molecular weight is 1110 g/mol. The van der Waals surface area contributed by atoms with Gasteiger partial charge in [-0.2, -0.15) is 0 Å². The Balaban J connectivity index is 1.63. The third kappa shape index (κ3) is 17.1.